The van der Waals surface area contributed by atoms with Gasteiger partial charge in [0.25, 0.3) is 5.91 Å². The molecule has 0 saturated carbocycles. The van der Waals surface area contributed by atoms with E-state index < -0.39 is 11.7 Å². The standard InChI is InChI=1S/C19H22N2O4/c1-19(2,3)25-18(24)21-16-9-5-7-14(11-16)17(23)20-15-8-4-6-13(10-15)12-22/h4-11,22H,12H2,1-3H3,(H,20,23)(H,21,24). The number of aliphatic hydroxyl groups is 1. The highest BCUT2D eigenvalue weighted by atomic mass is 16.6. The van der Waals surface area contributed by atoms with Gasteiger partial charge in [0.05, 0.1) is 6.61 Å². The Labute approximate surface area is 146 Å². The molecule has 0 aromatic heterocycles. The number of hydrogen-bond acceptors (Lipinski definition) is 4. The Bertz CT molecular complexity index is 766. The van der Waals surface area contributed by atoms with Gasteiger partial charge >= 0.3 is 6.09 Å². The second kappa shape index (κ2) is 7.81. The van der Waals surface area contributed by atoms with E-state index in [0.29, 0.717) is 22.5 Å². The SMILES string of the molecule is CC(C)(C)OC(=O)Nc1cccc(C(=O)Nc2cccc(CO)c2)c1. The summed E-state index contributed by atoms with van der Waals surface area (Å²) in [6.07, 6.45) is -0.583. The zero-order valence-corrected chi connectivity index (χ0v) is 14.5. The molecular formula is C19H22N2O4. The van der Waals surface area contributed by atoms with Crippen molar-refractivity contribution in [2.45, 2.75) is 33.0 Å². The van der Waals surface area contributed by atoms with E-state index in [9.17, 15) is 9.59 Å². The van der Waals surface area contributed by atoms with E-state index in [4.69, 9.17) is 9.84 Å². The van der Waals surface area contributed by atoms with Crippen LogP contribution < -0.4 is 10.6 Å². The summed E-state index contributed by atoms with van der Waals surface area (Å²) in [5.41, 5.74) is 1.55. The minimum Gasteiger partial charge on any atom is -0.444 e. The molecule has 0 atom stereocenters. The topological polar surface area (TPSA) is 87.7 Å². The number of benzene rings is 2. The predicted molar refractivity (Wildman–Crippen MR) is 96.6 cm³/mol. The van der Waals surface area contributed by atoms with Gasteiger partial charge in [-0.05, 0) is 56.7 Å². The van der Waals surface area contributed by atoms with Gasteiger partial charge in [-0.25, -0.2) is 4.79 Å². The van der Waals surface area contributed by atoms with Gasteiger partial charge in [-0.15, -0.1) is 0 Å². The molecule has 132 valence electrons. The van der Waals surface area contributed by atoms with Crippen LogP contribution in [0.15, 0.2) is 48.5 Å². The summed E-state index contributed by atoms with van der Waals surface area (Å²) in [6.45, 7) is 5.23. The van der Waals surface area contributed by atoms with Gasteiger partial charge in [-0.1, -0.05) is 18.2 Å². The van der Waals surface area contributed by atoms with Crippen LogP contribution in [0.4, 0.5) is 16.2 Å². The van der Waals surface area contributed by atoms with E-state index in [1.165, 1.54) is 0 Å². The van der Waals surface area contributed by atoms with E-state index >= 15 is 0 Å². The Kier molecular flexibility index (Phi) is 5.77. The first-order chi connectivity index (χ1) is 11.8. The number of amides is 2. The third kappa shape index (κ3) is 5.93. The molecule has 0 heterocycles. The first-order valence-electron chi connectivity index (χ1n) is 7.88. The third-order valence-electron chi connectivity index (χ3n) is 3.14. The Morgan fingerprint density at radius 1 is 1.00 bits per heavy atom. The zero-order valence-electron chi connectivity index (χ0n) is 14.5. The highest BCUT2D eigenvalue weighted by Crippen LogP contribution is 2.16. The molecule has 0 aliphatic rings. The number of carbonyl (C=O) groups is 2. The fourth-order valence-electron chi connectivity index (χ4n) is 2.11. The van der Waals surface area contributed by atoms with Crippen LogP contribution in [0.1, 0.15) is 36.7 Å². The number of aliphatic hydroxyl groups excluding tert-OH is 1. The van der Waals surface area contributed by atoms with Crippen molar-refractivity contribution in [2.24, 2.45) is 0 Å². The lowest BCUT2D eigenvalue weighted by atomic mass is 10.1. The van der Waals surface area contributed by atoms with Crippen molar-refractivity contribution >= 4 is 23.4 Å². The molecule has 0 fully saturated rings. The van der Waals surface area contributed by atoms with E-state index in [1.807, 2.05) is 0 Å². The van der Waals surface area contributed by atoms with Crippen LogP contribution in [-0.4, -0.2) is 22.7 Å². The maximum atomic E-state index is 12.4. The molecule has 0 aliphatic carbocycles. The molecule has 6 heteroatoms. The molecule has 0 spiro atoms. The molecular weight excluding hydrogens is 320 g/mol. The number of anilines is 2. The molecule has 2 amide bonds. The second-order valence-electron chi connectivity index (χ2n) is 6.52. The molecule has 6 nitrogen and oxygen atoms in total. The van der Waals surface area contributed by atoms with Crippen LogP contribution >= 0.6 is 0 Å². The Balaban J connectivity index is 2.07. The average Bonchev–Trinajstić information content (AvgIpc) is 2.53. The quantitative estimate of drug-likeness (QED) is 0.789. The van der Waals surface area contributed by atoms with Crippen LogP contribution in [0, 0.1) is 0 Å². The lowest BCUT2D eigenvalue weighted by Gasteiger charge is -2.19. The monoisotopic (exact) mass is 342 g/mol. The van der Waals surface area contributed by atoms with Gasteiger partial charge in [0.2, 0.25) is 0 Å². The molecule has 0 saturated heterocycles. The Morgan fingerprint density at radius 2 is 1.64 bits per heavy atom. The summed E-state index contributed by atoms with van der Waals surface area (Å²) in [5.74, 6) is -0.317. The molecule has 0 bridgehead atoms. The first kappa shape index (κ1) is 18.5. The largest absolute Gasteiger partial charge is 0.444 e. The van der Waals surface area contributed by atoms with Crippen molar-refractivity contribution in [1.29, 1.82) is 0 Å². The molecule has 2 aromatic rings. The molecule has 2 aromatic carbocycles. The normalized spacial score (nSPS) is 10.9. The maximum absolute atomic E-state index is 12.4. The van der Waals surface area contributed by atoms with Gasteiger partial charge < -0.3 is 15.2 Å². The van der Waals surface area contributed by atoms with Gasteiger partial charge in [0.1, 0.15) is 5.60 Å². The van der Waals surface area contributed by atoms with Gasteiger partial charge in [-0.3, -0.25) is 10.1 Å². The molecule has 2 rings (SSSR count). The maximum Gasteiger partial charge on any atom is 0.412 e. The van der Waals surface area contributed by atoms with Crippen LogP contribution in [0.25, 0.3) is 0 Å². The van der Waals surface area contributed by atoms with Crippen molar-refractivity contribution in [3.05, 3.63) is 59.7 Å². The summed E-state index contributed by atoms with van der Waals surface area (Å²) in [7, 11) is 0. The van der Waals surface area contributed by atoms with Crippen molar-refractivity contribution in [3.8, 4) is 0 Å². The summed E-state index contributed by atoms with van der Waals surface area (Å²) >= 11 is 0. The van der Waals surface area contributed by atoms with Crippen LogP contribution in [0.5, 0.6) is 0 Å². The summed E-state index contributed by atoms with van der Waals surface area (Å²) in [5, 5.41) is 14.5. The fraction of sp³-hybridized carbons (Fsp3) is 0.263. The molecule has 0 unspecified atom stereocenters. The van der Waals surface area contributed by atoms with Gasteiger partial charge in [0, 0.05) is 16.9 Å². The minimum atomic E-state index is -0.600. The number of nitrogens with one attached hydrogen (secondary N) is 2. The smallest absolute Gasteiger partial charge is 0.412 e. The van der Waals surface area contributed by atoms with Crippen molar-refractivity contribution in [1.82, 2.24) is 0 Å². The van der Waals surface area contributed by atoms with Crippen molar-refractivity contribution in [3.63, 3.8) is 0 Å². The third-order valence-corrected chi connectivity index (χ3v) is 3.14. The van der Waals surface area contributed by atoms with E-state index in [2.05, 4.69) is 10.6 Å². The number of hydrogen-bond donors (Lipinski definition) is 3. The van der Waals surface area contributed by atoms with Crippen LogP contribution in [-0.2, 0) is 11.3 Å². The highest BCUT2D eigenvalue weighted by molar-refractivity contribution is 6.05. The lowest BCUT2D eigenvalue weighted by Crippen LogP contribution is -2.27. The van der Waals surface area contributed by atoms with Crippen LogP contribution in [0.3, 0.4) is 0 Å². The van der Waals surface area contributed by atoms with Crippen molar-refractivity contribution < 1.29 is 19.4 Å². The Hall–Kier alpha value is -2.86. The van der Waals surface area contributed by atoms with E-state index in [0.717, 1.165) is 0 Å². The molecule has 3 N–H and O–H groups in total. The summed E-state index contributed by atoms with van der Waals surface area (Å²) in [4.78, 5) is 24.2. The Morgan fingerprint density at radius 3 is 2.28 bits per heavy atom. The fourth-order valence-corrected chi connectivity index (χ4v) is 2.11. The number of ether oxygens (including phenoxy) is 1. The molecule has 0 aliphatic heterocycles. The first-order valence-corrected chi connectivity index (χ1v) is 7.88. The second-order valence-corrected chi connectivity index (χ2v) is 6.52. The van der Waals surface area contributed by atoms with Gasteiger partial charge in [0.15, 0.2) is 0 Å². The average molecular weight is 342 g/mol. The highest BCUT2D eigenvalue weighted by Gasteiger charge is 2.16. The number of carbonyl (C=O) groups excluding carboxylic acids is 2. The lowest BCUT2D eigenvalue weighted by molar-refractivity contribution is 0.0635. The molecule has 25 heavy (non-hydrogen) atoms. The summed E-state index contributed by atoms with van der Waals surface area (Å²) < 4.78 is 5.19. The van der Waals surface area contributed by atoms with Crippen molar-refractivity contribution in [2.75, 3.05) is 10.6 Å². The zero-order chi connectivity index (χ0) is 18.4. The predicted octanol–water partition coefficient (Wildman–Crippen LogP) is 3.78. The van der Waals surface area contributed by atoms with E-state index in [1.54, 1.807) is 69.3 Å². The van der Waals surface area contributed by atoms with Gasteiger partial charge in [-0.2, -0.15) is 0 Å². The summed E-state index contributed by atoms with van der Waals surface area (Å²) in [6, 6.07) is 13.5. The number of rotatable bonds is 4. The molecule has 0 radical (unpaired) electrons. The van der Waals surface area contributed by atoms with Crippen LogP contribution in [0.2, 0.25) is 0 Å². The van der Waals surface area contributed by atoms with E-state index in [-0.39, 0.29) is 12.5 Å². The minimum absolute atomic E-state index is 0.0982.